The molecule has 0 unspecified atom stereocenters. The molecule has 0 bridgehead atoms. The molecule has 0 saturated heterocycles. The van der Waals surface area contributed by atoms with E-state index in [-0.39, 0.29) is 5.91 Å². The van der Waals surface area contributed by atoms with Crippen LogP contribution in [0.3, 0.4) is 0 Å². The monoisotopic (exact) mass is 273 g/mol. The minimum atomic E-state index is -0.211. The summed E-state index contributed by atoms with van der Waals surface area (Å²) in [7, 11) is 3.81. The van der Waals surface area contributed by atoms with E-state index in [1.54, 1.807) is 12.3 Å². The van der Waals surface area contributed by atoms with E-state index in [1.165, 1.54) is 0 Å². The number of hydrogen-bond acceptors (Lipinski definition) is 4. The van der Waals surface area contributed by atoms with Crippen molar-refractivity contribution >= 4 is 17.5 Å². The predicted molar refractivity (Wildman–Crippen MR) is 79.1 cm³/mol. The zero-order chi connectivity index (χ0) is 14.5. The molecule has 106 valence electrons. The Balaban J connectivity index is 2.03. The Morgan fingerprint density at radius 1 is 1.40 bits per heavy atom. The largest absolute Gasteiger partial charge is 0.363 e. The van der Waals surface area contributed by atoms with Crippen LogP contribution in [0.15, 0.2) is 24.4 Å². The highest BCUT2D eigenvalue weighted by Gasteiger charge is 2.09. The fourth-order valence-electron chi connectivity index (χ4n) is 1.80. The molecule has 2 aromatic heterocycles. The fraction of sp³-hybridized carbons (Fsp3) is 0.357. The number of aryl methyl sites for hydroxylation is 1. The third-order valence-corrected chi connectivity index (χ3v) is 2.86. The molecule has 0 saturated carbocycles. The Morgan fingerprint density at radius 3 is 2.80 bits per heavy atom. The maximum Gasteiger partial charge on any atom is 0.258 e. The van der Waals surface area contributed by atoms with Gasteiger partial charge in [0, 0.05) is 32.1 Å². The number of H-pyrrole nitrogens is 1. The van der Waals surface area contributed by atoms with Crippen molar-refractivity contribution in [3.8, 4) is 0 Å². The second kappa shape index (κ2) is 6.18. The van der Waals surface area contributed by atoms with Crippen molar-refractivity contribution in [2.45, 2.75) is 19.8 Å². The summed E-state index contributed by atoms with van der Waals surface area (Å²) in [6, 6.07) is 5.41. The lowest BCUT2D eigenvalue weighted by Gasteiger charge is -2.10. The van der Waals surface area contributed by atoms with Gasteiger partial charge in [-0.3, -0.25) is 9.89 Å². The molecule has 0 aromatic carbocycles. The normalized spacial score (nSPS) is 10.3. The maximum absolute atomic E-state index is 12.0. The van der Waals surface area contributed by atoms with E-state index in [2.05, 4.69) is 27.4 Å². The SMILES string of the molecule is CCCc1cc(NC(=O)c2ccc(N(C)C)nc2)n[nH]1. The van der Waals surface area contributed by atoms with Crippen molar-refractivity contribution in [1.82, 2.24) is 15.2 Å². The average Bonchev–Trinajstić information content (AvgIpc) is 2.86. The molecule has 2 heterocycles. The Bertz CT molecular complexity index is 574. The van der Waals surface area contributed by atoms with Crippen molar-refractivity contribution in [3.63, 3.8) is 0 Å². The number of aromatic nitrogens is 3. The molecule has 0 aliphatic heterocycles. The smallest absolute Gasteiger partial charge is 0.258 e. The van der Waals surface area contributed by atoms with Gasteiger partial charge in [0.05, 0.1) is 5.56 Å². The van der Waals surface area contributed by atoms with Gasteiger partial charge in [0.25, 0.3) is 5.91 Å². The summed E-state index contributed by atoms with van der Waals surface area (Å²) in [4.78, 5) is 18.1. The van der Waals surface area contributed by atoms with Gasteiger partial charge in [-0.1, -0.05) is 13.3 Å². The van der Waals surface area contributed by atoms with E-state index in [1.807, 2.05) is 31.1 Å². The van der Waals surface area contributed by atoms with Gasteiger partial charge in [0.15, 0.2) is 5.82 Å². The van der Waals surface area contributed by atoms with E-state index in [0.717, 1.165) is 24.4 Å². The first-order chi connectivity index (χ1) is 9.60. The van der Waals surface area contributed by atoms with E-state index < -0.39 is 0 Å². The van der Waals surface area contributed by atoms with Crippen molar-refractivity contribution < 1.29 is 4.79 Å². The molecule has 0 spiro atoms. The van der Waals surface area contributed by atoms with Crippen LogP contribution in [0.2, 0.25) is 0 Å². The summed E-state index contributed by atoms with van der Waals surface area (Å²) < 4.78 is 0. The van der Waals surface area contributed by atoms with Crippen LogP contribution < -0.4 is 10.2 Å². The lowest BCUT2D eigenvalue weighted by Crippen LogP contribution is -2.14. The van der Waals surface area contributed by atoms with Gasteiger partial charge in [0.1, 0.15) is 5.82 Å². The zero-order valence-electron chi connectivity index (χ0n) is 12.0. The van der Waals surface area contributed by atoms with Gasteiger partial charge >= 0.3 is 0 Å². The first kappa shape index (κ1) is 14.0. The minimum absolute atomic E-state index is 0.211. The number of hydrogen-bond donors (Lipinski definition) is 2. The summed E-state index contributed by atoms with van der Waals surface area (Å²) in [5, 5.41) is 9.71. The molecule has 2 rings (SSSR count). The number of nitrogens with zero attached hydrogens (tertiary/aromatic N) is 3. The molecule has 0 radical (unpaired) electrons. The van der Waals surface area contributed by atoms with E-state index in [4.69, 9.17) is 0 Å². The quantitative estimate of drug-likeness (QED) is 0.874. The second-order valence-corrected chi connectivity index (χ2v) is 4.78. The molecule has 2 N–H and O–H groups in total. The average molecular weight is 273 g/mol. The lowest BCUT2D eigenvalue weighted by molar-refractivity contribution is 0.102. The third-order valence-electron chi connectivity index (χ3n) is 2.86. The van der Waals surface area contributed by atoms with Crippen LogP contribution in [-0.4, -0.2) is 35.2 Å². The fourth-order valence-corrected chi connectivity index (χ4v) is 1.80. The minimum Gasteiger partial charge on any atom is -0.363 e. The van der Waals surface area contributed by atoms with Crippen molar-refractivity contribution in [1.29, 1.82) is 0 Å². The number of carbonyl (C=O) groups excluding carboxylic acids is 1. The summed E-state index contributed by atoms with van der Waals surface area (Å²) in [5.41, 5.74) is 1.53. The number of amides is 1. The molecule has 0 atom stereocenters. The number of anilines is 2. The molecule has 1 amide bonds. The predicted octanol–water partition coefficient (Wildman–Crippen LogP) is 2.08. The van der Waals surface area contributed by atoms with Gasteiger partial charge < -0.3 is 10.2 Å². The molecular formula is C14H19N5O. The Hall–Kier alpha value is -2.37. The molecule has 2 aromatic rings. The number of carbonyl (C=O) groups is 1. The molecule has 0 aliphatic rings. The standard InChI is InChI=1S/C14H19N5O/c1-4-5-11-8-12(18-17-11)16-14(20)10-6-7-13(15-9-10)19(2)3/h6-9H,4-5H2,1-3H3,(H2,16,17,18,20). The van der Waals surface area contributed by atoms with Crippen molar-refractivity contribution in [2.24, 2.45) is 0 Å². The molecule has 6 nitrogen and oxygen atoms in total. The molecule has 0 fully saturated rings. The van der Waals surface area contributed by atoms with Gasteiger partial charge in [0.2, 0.25) is 0 Å². The number of pyridine rings is 1. The first-order valence-corrected chi connectivity index (χ1v) is 6.59. The summed E-state index contributed by atoms with van der Waals surface area (Å²) in [5.74, 6) is 1.14. The Morgan fingerprint density at radius 2 is 2.20 bits per heavy atom. The topological polar surface area (TPSA) is 73.9 Å². The van der Waals surface area contributed by atoms with Crippen LogP contribution in [0.4, 0.5) is 11.6 Å². The second-order valence-electron chi connectivity index (χ2n) is 4.78. The van der Waals surface area contributed by atoms with Gasteiger partial charge in [-0.25, -0.2) is 4.98 Å². The van der Waals surface area contributed by atoms with Crippen LogP contribution in [0.1, 0.15) is 29.4 Å². The van der Waals surface area contributed by atoms with E-state index in [0.29, 0.717) is 11.4 Å². The summed E-state index contributed by atoms with van der Waals surface area (Å²) >= 11 is 0. The number of nitrogens with one attached hydrogen (secondary N) is 2. The highest BCUT2D eigenvalue weighted by molar-refractivity contribution is 6.03. The number of rotatable bonds is 5. The summed E-state index contributed by atoms with van der Waals surface area (Å²) in [6.45, 7) is 2.09. The van der Waals surface area contributed by atoms with Gasteiger partial charge in [-0.05, 0) is 18.6 Å². The Labute approximate surface area is 118 Å². The van der Waals surface area contributed by atoms with Gasteiger partial charge in [-0.15, -0.1) is 0 Å². The van der Waals surface area contributed by atoms with Crippen LogP contribution >= 0.6 is 0 Å². The van der Waals surface area contributed by atoms with E-state index in [9.17, 15) is 4.79 Å². The molecule has 20 heavy (non-hydrogen) atoms. The van der Waals surface area contributed by atoms with Crippen LogP contribution in [0, 0.1) is 0 Å². The Kier molecular flexibility index (Phi) is 4.34. The van der Waals surface area contributed by atoms with Crippen LogP contribution in [0.25, 0.3) is 0 Å². The van der Waals surface area contributed by atoms with Crippen LogP contribution in [0.5, 0.6) is 0 Å². The highest BCUT2D eigenvalue weighted by Crippen LogP contribution is 2.11. The van der Waals surface area contributed by atoms with E-state index >= 15 is 0 Å². The zero-order valence-corrected chi connectivity index (χ0v) is 12.0. The van der Waals surface area contributed by atoms with Gasteiger partial charge in [-0.2, -0.15) is 5.10 Å². The third kappa shape index (κ3) is 3.34. The van der Waals surface area contributed by atoms with Crippen molar-refractivity contribution in [2.75, 3.05) is 24.3 Å². The van der Waals surface area contributed by atoms with Crippen LogP contribution in [-0.2, 0) is 6.42 Å². The molecule has 6 heteroatoms. The molecule has 0 aliphatic carbocycles. The number of aromatic amines is 1. The molecular weight excluding hydrogens is 254 g/mol. The maximum atomic E-state index is 12.0. The highest BCUT2D eigenvalue weighted by atomic mass is 16.1. The van der Waals surface area contributed by atoms with Crippen molar-refractivity contribution in [3.05, 3.63) is 35.7 Å². The lowest BCUT2D eigenvalue weighted by atomic mass is 10.2. The first-order valence-electron chi connectivity index (χ1n) is 6.59. The summed E-state index contributed by atoms with van der Waals surface area (Å²) in [6.07, 6.45) is 3.51.